The van der Waals surface area contributed by atoms with Gasteiger partial charge in [0, 0.05) is 31.2 Å². The van der Waals surface area contributed by atoms with Gasteiger partial charge in [0.2, 0.25) is 0 Å². The molecule has 1 N–H and O–H groups in total. The average molecular weight is 269 g/mol. The van der Waals surface area contributed by atoms with Crippen LogP contribution in [-0.2, 0) is 0 Å². The van der Waals surface area contributed by atoms with Crippen molar-refractivity contribution in [3.8, 4) is 5.75 Å². The number of halogens is 1. The molecule has 1 aliphatic heterocycles. The highest BCUT2D eigenvalue weighted by Gasteiger charge is 2.22. The molecule has 1 heterocycles. The molecule has 0 radical (unpaired) electrons. The van der Waals surface area contributed by atoms with Crippen LogP contribution in [0.15, 0.2) is 12.1 Å². The number of carbonyl (C=O) groups is 1. The Kier molecular flexibility index (Phi) is 4.09. The third-order valence-electron chi connectivity index (χ3n) is 3.08. The van der Waals surface area contributed by atoms with Crippen molar-refractivity contribution in [2.75, 3.05) is 33.3 Å². The predicted octanol–water partition coefficient (Wildman–Crippen LogP) is 1.70. The number of rotatable bonds is 2. The summed E-state index contributed by atoms with van der Waals surface area (Å²) in [5, 5.41) is 3.78. The number of hydrogen-bond donors (Lipinski definition) is 1. The van der Waals surface area contributed by atoms with Crippen LogP contribution < -0.4 is 10.1 Å². The molecule has 1 aliphatic rings. The fourth-order valence-corrected chi connectivity index (χ4v) is 2.47. The van der Waals surface area contributed by atoms with Crippen molar-refractivity contribution in [3.05, 3.63) is 28.3 Å². The molecule has 0 saturated carbocycles. The minimum Gasteiger partial charge on any atom is -0.496 e. The molecular formula is C13H17ClN2O2. The summed E-state index contributed by atoms with van der Waals surface area (Å²) in [5.41, 5.74) is 1.42. The SMILES string of the molecule is COc1c(C)cc(Cl)cc1C(=O)N1CCNCC1. The summed E-state index contributed by atoms with van der Waals surface area (Å²) in [6, 6.07) is 3.48. The van der Waals surface area contributed by atoms with Crippen LogP contribution in [0.25, 0.3) is 0 Å². The Morgan fingerprint density at radius 2 is 2.06 bits per heavy atom. The van der Waals surface area contributed by atoms with Crippen LogP contribution in [0.1, 0.15) is 15.9 Å². The topological polar surface area (TPSA) is 41.6 Å². The average Bonchev–Trinajstić information content (AvgIpc) is 2.38. The van der Waals surface area contributed by atoms with Crippen molar-refractivity contribution < 1.29 is 9.53 Å². The zero-order valence-corrected chi connectivity index (χ0v) is 11.4. The fraction of sp³-hybridized carbons (Fsp3) is 0.462. The standard InChI is InChI=1S/C13H17ClN2O2/c1-9-7-10(14)8-11(12(9)18-2)13(17)16-5-3-15-4-6-16/h7-8,15H,3-6H2,1-2H3. The van der Waals surface area contributed by atoms with Crippen LogP contribution in [0, 0.1) is 6.92 Å². The van der Waals surface area contributed by atoms with Crippen LogP contribution >= 0.6 is 11.6 Å². The molecule has 0 spiro atoms. The van der Waals surface area contributed by atoms with Gasteiger partial charge in [0.25, 0.3) is 5.91 Å². The van der Waals surface area contributed by atoms with E-state index in [1.807, 2.05) is 11.8 Å². The molecule has 0 aromatic heterocycles. The van der Waals surface area contributed by atoms with Gasteiger partial charge in [0.15, 0.2) is 0 Å². The number of piperazine rings is 1. The van der Waals surface area contributed by atoms with E-state index < -0.39 is 0 Å². The normalized spacial score (nSPS) is 15.6. The Labute approximate surface area is 112 Å². The lowest BCUT2D eigenvalue weighted by molar-refractivity contribution is 0.0732. The van der Waals surface area contributed by atoms with Crippen molar-refractivity contribution in [2.45, 2.75) is 6.92 Å². The molecular weight excluding hydrogens is 252 g/mol. The van der Waals surface area contributed by atoms with E-state index in [9.17, 15) is 4.79 Å². The Hall–Kier alpha value is -1.26. The number of methoxy groups -OCH3 is 1. The first-order valence-corrected chi connectivity index (χ1v) is 6.35. The number of nitrogens with zero attached hydrogens (tertiary/aromatic N) is 1. The van der Waals surface area contributed by atoms with Gasteiger partial charge < -0.3 is 15.0 Å². The molecule has 0 bridgehead atoms. The highest BCUT2D eigenvalue weighted by Crippen LogP contribution is 2.28. The minimum absolute atomic E-state index is 0.0149. The molecule has 0 unspecified atom stereocenters. The van der Waals surface area contributed by atoms with Gasteiger partial charge in [-0.05, 0) is 24.6 Å². The summed E-state index contributed by atoms with van der Waals surface area (Å²) >= 11 is 6.02. The molecule has 1 amide bonds. The van der Waals surface area contributed by atoms with Crippen LogP contribution in [0.2, 0.25) is 5.02 Å². The number of hydrogen-bond acceptors (Lipinski definition) is 3. The molecule has 0 atom stereocenters. The van der Waals surface area contributed by atoms with E-state index in [1.54, 1.807) is 19.2 Å². The summed E-state index contributed by atoms with van der Waals surface area (Å²) in [6.07, 6.45) is 0. The van der Waals surface area contributed by atoms with E-state index in [0.29, 0.717) is 29.4 Å². The van der Waals surface area contributed by atoms with Crippen molar-refractivity contribution >= 4 is 17.5 Å². The second kappa shape index (κ2) is 5.59. The van der Waals surface area contributed by atoms with Gasteiger partial charge in [0.05, 0.1) is 12.7 Å². The summed E-state index contributed by atoms with van der Waals surface area (Å²) in [7, 11) is 1.57. The molecule has 1 aromatic rings. The summed E-state index contributed by atoms with van der Waals surface area (Å²) in [5.74, 6) is 0.599. The van der Waals surface area contributed by atoms with E-state index in [0.717, 1.165) is 18.7 Å². The van der Waals surface area contributed by atoms with Gasteiger partial charge in [0.1, 0.15) is 5.75 Å². The lowest BCUT2D eigenvalue weighted by atomic mass is 10.1. The molecule has 5 heteroatoms. The fourth-order valence-electron chi connectivity index (χ4n) is 2.20. The third kappa shape index (κ3) is 2.60. The van der Waals surface area contributed by atoms with Crippen molar-refractivity contribution in [1.29, 1.82) is 0 Å². The monoisotopic (exact) mass is 268 g/mol. The summed E-state index contributed by atoms with van der Waals surface area (Å²) < 4.78 is 5.32. The third-order valence-corrected chi connectivity index (χ3v) is 3.30. The van der Waals surface area contributed by atoms with Gasteiger partial charge in [-0.1, -0.05) is 11.6 Å². The highest BCUT2D eigenvalue weighted by molar-refractivity contribution is 6.31. The summed E-state index contributed by atoms with van der Waals surface area (Å²) in [4.78, 5) is 14.3. The Morgan fingerprint density at radius 3 is 2.67 bits per heavy atom. The molecule has 0 aliphatic carbocycles. The van der Waals surface area contributed by atoms with Crippen LogP contribution in [0.5, 0.6) is 5.75 Å². The van der Waals surface area contributed by atoms with Crippen molar-refractivity contribution in [1.82, 2.24) is 10.2 Å². The maximum atomic E-state index is 12.4. The van der Waals surface area contributed by atoms with E-state index in [-0.39, 0.29) is 5.91 Å². The number of aryl methyl sites for hydroxylation is 1. The van der Waals surface area contributed by atoms with Gasteiger partial charge in [-0.3, -0.25) is 4.79 Å². The van der Waals surface area contributed by atoms with Crippen molar-refractivity contribution in [2.24, 2.45) is 0 Å². The molecule has 1 fully saturated rings. The van der Waals surface area contributed by atoms with Crippen LogP contribution in [0.3, 0.4) is 0 Å². The van der Waals surface area contributed by atoms with Gasteiger partial charge in [-0.15, -0.1) is 0 Å². The molecule has 98 valence electrons. The Bertz CT molecular complexity index is 457. The minimum atomic E-state index is -0.0149. The lowest BCUT2D eigenvalue weighted by Crippen LogP contribution is -2.46. The first-order chi connectivity index (χ1) is 8.63. The zero-order valence-electron chi connectivity index (χ0n) is 10.6. The smallest absolute Gasteiger partial charge is 0.257 e. The lowest BCUT2D eigenvalue weighted by Gasteiger charge is -2.28. The molecule has 2 rings (SSSR count). The van der Waals surface area contributed by atoms with E-state index in [4.69, 9.17) is 16.3 Å². The quantitative estimate of drug-likeness (QED) is 0.888. The van der Waals surface area contributed by atoms with Gasteiger partial charge in [-0.2, -0.15) is 0 Å². The highest BCUT2D eigenvalue weighted by atomic mass is 35.5. The second-order valence-corrected chi connectivity index (χ2v) is 4.78. The largest absolute Gasteiger partial charge is 0.496 e. The molecule has 1 aromatic carbocycles. The maximum Gasteiger partial charge on any atom is 0.257 e. The van der Waals surface area contributed by atoms with E-state index in [2.05, 4.69) is 5.32 Å². The maximum absolute atomic E-state index is 12.4. The van der Waals surface area contributed by atoms with Crippen LogP contribution in [0.4, 0.5) is 0 Å². The molecule has 4 nitrogen and oxygen atoms in total. The molecule has 1 saturated heterocycles. The number of benzene rings is 1. The number of nitrogens with one attached hydrogen (secondary N) is 1. The summed E-state index contributed by atoms with van der Waals surface area (Å²) in [6.45, 7) is 4.97. The van der Waals surface area contributed by atoms with Gasteiger partial charge >= 0.3 is 0 Å². The predicted molar refractivity (Wildman–Crippen MR) is 71.5 cm³/mol. The van der Waals surface area contributed by atoms with E-state index >= 15 is 0 Å². The Balaban J connectivity index is 2.33. The van der Waals surface area contributed by atoms with E-state index in [1.165, 1.54) is 0 Å². The number of ether oxygens (including phenoxy) is 1. The van der Waals surface area contributed by atoms with Gasteiger partial charge in [-0.25, -0.2) is 0 Å². The van der Waals surface area contributed by atoms with Crippen LogP contribution in [-0.4, -0.2) is 44.1 Å². The second-order valence-electron chi connectivity index (χ2n) is 4.35. The Morgan fingerprint density at radius 1 is 1.39 bits per heavy atom. The number of amides is 1. The molecule has 18 heavy (non-hydrogen) atoms. The first kappa shape index (κ1) is 13.2. The first-order valence-electron chi connectivity index (χ1n) is 5.97. The number of carbonyl (C=O) groups excluding carboxylic acids is 1. The van der Waals surface area contributed by atoms with Crippen molar-refractivity contribution in [3.63, 3.8) is 0 Å². The zero-order chi connectivity index (χ0) is 13.1.